The average Bonchev–Trinajstić information content (AvgIpc) is 1.41. The van der Waals surface area contributed by atoms with E-state index in [2.05, 4.69) is 16.3 Å². The van der Waals surface area contributed by atoms with E-state index in [1.807, 2.05) is 0 Å². The summed E-state index contributed by atoms with van der Waals surface area (Å²) in [6.45, 7) is 0. The summed E-state index contributed by atoms with van der Waals surface area (Å²) >= 11 is 4.46. The Morgan fingerprint density at radius 3 is 2.60 bits per heavy atom. The average molecular weight is 95.5 g/mol. The van der Waals surface area contributed by atoms with Crippen molar-refractivity contribution >= 4 is 18.3 Å². The van der Waals surface area contributed by atoms with Crippen LogP contribution in [0.3, 0.4) is 0 Å². The second kappa shape index (κ2) is 3.72. The molecule has 0 spiro atoms. The molecule has 1 amide bonds. The zero-order chi connectivity index (χ0) is 4.12. The van der Waals surface area contributed by atoms with Crippen LogP contribution < -0.4 is 5.48 Å². The van der Waals surface area contributed by atoms with E-state index >= 15 is 0 Å². The SMILES string of the molecule is O=CNOCl. The molecule has 0 aromatic rings. The highest BCUT2D eigenvalue weighted by molar-refractivity contribution is 6.07. The molecule has 0 aromatic carbocycles. The summed E-state index contributed by atoms with van der Waals surface area (Å²) in [7, 11) is 0. The smallest absolute Gasteiger partial charge is 0.232 e. The van der Waals surface area contributed by atoms with Crippen LogP contribution in [0.25, 0.3) is 0 Å². The maximum absolute atomic E-state index is 9.08. The Labute approximate surface area is 34.0 Å². The van der Waals surface area contributed by atoms with E-state index in [-0.39, 0.29) is 0 Å². The van der Waals surface area contributed by atoms with Crippen LogP contribution in [0.1, 0.15) is 0 Å². The lowest BCUT2D eigenvalue weighted by Crippen LogP contribution is -2.02. The van der Waals surface area contributed by atoms with Gasteiger partial charge in [0.25, 0.3) is 0 Å². The van der Waals surface area contributed by atoms with Crippen molar-refractivity contribution in [2.45, 2.75) is 0 Å². The molecule has 0 bridgehead atoms. The molecule has 1 N–H and O–H groups in total. The molecule has 0 radical (unpaired) electrons. The Morgan fingerprint density at radius 2 is 2.60 bits per heavy atom. The zero-order valence-electron chi connectivity index (χ0n) is 2.27. The molecule has 0 saturated heterocycles. The van der Waals surface area contributed by atoms with Gasteiger partial charge >= 0.3 is 0 Å². The van der Waals surface area contributed by atoms with Gasteiger partial charge in [-0.05, 0) is 0 Å². The molecule has 4 heteroatoms. The summed E-state index contributed by atoms with van der Waals surface area (Å²) in [5.41, 5.74) is 1.70. The second-order valence-corrected chi connectivity index (χ2v) is 0.467. The van der Waals surface area contributed by atoms with Crippen molar-refractivity contribution < 1.29 is 9.18 Å². The van der Waals surface area contributed by atoms with Crippen LogP contribution in [0.4, 0.5) is 0 Å². The molecular weight excluding hydrogens is 93.5 g/mol. The predicted molar refractivity (Wildman–Crippen MR) is 16.1 cm³/mol. The van der Waals surface area contributed by atoms with Crippen LogP contribution in [0.2, 0.25) is 0 Å². The highest BCUT2D eigenvalue weighted by Crippen LogP contribution is 1.61. The Kier molecular flexibility index (Phi) is 3.51. The number of rotatable bonds is 2. The molecule has 5 heavy (non-hydrogen) atoms. The van der Waals surface area contributed by atoms with Crippen LogP contribution in [-0.4, -0.2) is 6.41 Å². The predicted octanol–water partition coefficient (Wildman–Crippen LogP) is -0.182. The molecule has 0 aliphatic heterocycles. The van der Waals surface area contributed by atoms with Crippen LogP contribution in [0.5, 0.6) is 0 Å². The Morgan fingerprint density at radius 1 is 2.00 bits per heavy atom. The lowest BCUT2D eigenvalue weighted by molar-refractivity contribution is -0.115. The maximum Gasteiger partial charge on any atom is 0.232 e. The summed E-state index contributed by atoms with van der Waals surface area (Å²) in [6.07, 6.45) is 0.326. The van der Waals surface area contributed by atoms with Gasteiger partial charge in [0.15, 0.2) is 0 Å². The Balaban J connectivity index is 2.40. The first kappa shape index (κ1) is 4.72. The number of carbonyl (C=O) groups excluding carboxylic acids is 1. The van der Waals surface area contributed by atoms with Crippen molar-refractivity contribution in [2.75, 3.05) is 0 Å². The van der Waals surface area contributed by atoms with Gasteiger partial charge in [-0.15, -0.1) is 0 Å². The monoisotopic (exact) mass is 95.0 g/mol. The highest BCUT2D eigenvalue weighted by Gasteiger charge is 1.60. The number of hydrogen-bond acceptors (Lipinski definition) is 2. The number of nitrogens with one attached hydrogen (secondary N) is 1. The van der Waals surface area contributed by atoms with Gasteiger partial charge < -0.3 is 0 Å². The molecule has 0 saturated carbocycles. The largest absolute Gasteiger partial charge is 0.277 e. The third kappa shape index (κ3) is 3.72. The molecule has 0 heterocycles. The Bertz CT molecular complexity index is 30.8. The van der Waals surface area contributed by atoms with E-state index in [0.29, 0.717) is 6.41 Å². The van der Waals surface area contributed by atoms with Crippen molar-refractivity contribution in [2.24, 2.45) is 0 Å². The minimum absolute atomic E-state index is 0.326. The number of halogens is 1. The lowest BCUT2D eigenvalue weighted by atomic mass is 11.5. The van der Waals surface area contributed by atoms with Gasteiger partial charge in [0.1, 0.15) is 0 Å². The van der Waals surface area contributed by atoms with Crippen LogP contribution in [0, 0.1) is 0 Å². The molecule has 0 aliphatic carbocycles. The summed E-state index contributed by atoms with van der Waals surface area (Å²) < 4.78 is 3.55. The molecule has 30 valence electrons. The standard InChI is InChI=1S/CH2ClNO2/c2-5-3-1-4/h1H,(H,3,4). The van der Waals surface area contributed by atoms with E-state index in [1.165, 1.54) is 0 Å². The Hall–Kier alpha value is -0.280. The number of amides is 1. The highest BCUT2D eigenvalue weighted by atomic mass is 35.5. The normalized spacial score (nSPS) is 6.60. The fourth-order valence-corrected chi connectivity index (χ4v) is 0.0546. The van der Waals surface area contributed by atoms with Crippen molar-refractivity contribution in [3.8, 4) is 0 Å². The number of hydroxylamine groups is 1. The minimum atomic E-state index is 0.326. The van der Waals surface area contributed by atoms with Crippen molar-refractivity contribution in [1.82, 2.24) is 5.48 Å². The molecule has 0 rings (SSSR count). The van der Waals surface area contributed by atoms with Crippen LogP contribution in [0.15, 0.2) is 0 Å². The van der Waals surface area contributed by atoms with Gasteiger partial charge in [-0.1, -0.05) is 0 Å². The third-order valence-corrected chi connectivity index (χ3v) is 0.182. The first-order chi connectivity index (χ1) is 2.41. The second-order valence-electron chi connectivity index (χ2n) is 0.313. The van der Waals surface area contributed by atoms with Crippen molar-refractivity contribution in [3.05, 3.63) is 0 Å². The summed E-state index contributed by atoms with van der Waals surface area (Å²) in [5.74, 6) is 0. The summed E-state index contributed by atoms with van der Waals surface area (Å²) in [5, 5.41) is 0. The topological polar surface area (TPSA) is 38.3 Å². The van der Waals surface area contributed by atoms with Crippen LogP contribution in [-0.2, 0) is 9.18 Å². The minimum Gasteiger partial charge on any atom is -0.277 e. The van der Waals surface area contributed by atoms with Gasteiger partial charge in [0, 0.05) is 0 Å². The lowest BCUT2D eigenvalue weighted by Gasteiger charge is -1.76. The van der Waals surface area contributed by atoms with E-state index in [4.69, 9.17) is 4.79 Å². The molecule has 0 atom stereocenters. The fourth-order valence-electron chi connectivity index (χ4n) is 0.0182. The van der Waals surface area contributed by atoms with Crippen molar-refractivity contribution in [1.29, 1.82) is 0 Å². The van der Waals surface area contributed by atoms with E-state index in [1.54, 1.807) is 5.48 Å². The van der Waals surface area contributed by atoms with Crippen LogP contribution >= 0.6 is 11.9 Å². The van der Waals surface area contributed by atoms with Gasteiger partial charge in [-0.3, -0.25) is 4.79 Å². The maximum atomic E-state index is 9.08. The molecule has 3 nitrogen and oxygen atoms in total. The molecule has 0 unspecified atom stereocenters. The van der Waals surface area contributed by atoms with Crippen molar-refractivity contribution in [3.63, 3.8) is 0 Å². The third-order valence-electron chi connectivity index (χ3n) is 0.0927. The number of hydrogen-bond donors (Lipinski definition) is 1. The van der Waals surface area contributed by atoms with Gasteiger partial charge in [0.05, 0.1) is 11.9 Å². The fraction of sp³-hybridized carbons (Fsp3) is 0. The summed E-state index contributed by atoms with van der Waals surface area (Å²) in [6, 6.07) is 0. The molecule has 0 aromatic heterocycles. The zero-order valence-corrected chi connectivity index (χ0v) is 3.03. The quantitative estimate of drug-likeness (QED) is 0.382. The van der Waals surface area contributed by atoms with Gasteiger partial charge in [-0.25, -0.2) is 5.48 Å². The first-order valence-corrected chi connectivity index (χ1v) is 1.19. The summed E-state index contributed by atoms with van der Waals surface area (Å²) in [4.78, 5) is 9.08. The first-order valence-electron chi connectivity index (χ1n) is 0.883. The van der Waals surface area contributed by atoms with Gasteiger partial charge in [0.2, 0.25) is 6.41 Å². The van der Waals surface area contributed by atoms with Gasteiger partial charge in [-0.2, -0.15) is 4.39 Å². The molecule has 0 fully saturated rings. The van der Waals surface area contributed by atoms with E-state index in [9.17, 15) is 0 Å². The van der Waals surface area contributed by atoms with E-state index < -0.39 is 0 Å². The molecule has 0 aliphatic rings. The number of carbonyl (C=O) groups is 1. The molecular formula is CH2ClNO2. The van der Waals surface area contributed by atoms with E-state index in [0.717, 1.165) is 0 Å².